The molecule has 0 saturated heterocycles. The third-order valence-corrected chi connectivity index (χ3v) is 1.33. The zero-order valence-corrected chi connectivity index (χ0v) is 9.66. The molecule has 0 aromatic heterocycles. The molecule has 15 heavy (non-hydrogen) atoms. The van der Waals surface area contributed by atoms with Gasteiger partial charge in [-0.3, -0.25) is 4.79 Å². The maximum absolute atomic E-state index is 9.00. The summed E-state index contributed by atoms with van der Waals surface area (Å²) >= 11 is 0. The molecule has 0 aromatic carbocycles. The first-order valence-corrected chi connectivity index (χ1v) is 4.71. The highest BCUT2D eigenvalue weighted by atomic mass is 16.4. The van der Waals surface area contributed by atoms with Gasteiger partial charge in [-0.25, -0.2) is 0 Å². The van der Waals surface area contributed by atoms with E-state index in [9.17, 15) is 0 Å². The highest BCUT2D eigenvalue weighted by Crippen LogP contribution is 2.05. The maximum atomic E-state index is 9.00. The van der Waals surface area contributed by atoms with Gasteiger partial charge in [0.1, 0.15) is 0 Å². The van der Waals surface area contributed by atoms with Gasteiger partial charge in [-0.2, -0.15) is 0 Å². The molecule has 3 heteroatoms. The number of aliphatic carboxylic acids is 1. The predicted octanol–water partition coefficient (Wildman–Crippen LogP) is 3.45. The Balaban J connectivity index is 0. The van der Waals surface area contributed by atoms with Crippen molar-refractivity contribution >= 4 is 5.97 Å². The van der Waals surface area contributed by atoms with Crippen LogP contribution in [0.15, 0.2) is 36.1 Å². The van der Waals surface area contributed by atoms with E-state index in [1.54, 1.807) is 6.08 Å². The van der Waals surface area contributed by atoms with E-state index in [-0.39, 0.29) is 0 Å². The Morgan fingerprint density at radius 2 is 1.80 bits per heavy atom. The van der Waals surface area contributed by atoms with Crippen molar-refractivity contribution in [2.24, 2.45) is 0 Å². The molecule has 3 nitrogen and oxygen atoms in total. The lowest BCUT2D eigenvalue weighted by molar-refractivity contribution is -0.134. The van der Waals surface area contributed by atoms with Crippen LogP contribution in [0.4, 0.5) is 0 Å². The lowest BCUT2D eigenvalue weighted by Gasteiger charge is -1.95. The topological polar surface area (TPSA) is 57.5 Å². The van der Waals surface area contributed by atoms with Crippen molar-refractivity contribution in [2.45, 2.75) is 33.6 Å². The van der Waals surface area contributed by atoms with Crippen LogP contribution in [0.25, 0.3) is 0 Å². The molecule has 0 aromatic rings. The Bertz CT molecular complexity index is 242. The Morgan fingerprint density at radius 1 is 1.33 bits per heavy atom. The van der Waals surface area contributed by atoms with Crippen LogP contribution in [-0.2, 0) is 4.79 Å². The Hall–Kier alpha value is -1.51. The van der Waals surface area contributed by atoms with E-state index in [0.29, 0.717) is 0 Å². The van der Waals surface area contributed by atoms with Gasteiger partial charge in [0.15, 0.2) is 0 Å². The molecule has 2 N–H and O–H groups in total. The number of carboxylic acids is 1. The zero-order valence-electron chi connectivity index (χ0n) is 9.66. The van der Waals surface area contributed by atoms with Crippen LogP contribution < -0.4 is 0 Å². The van der Waals surface area contributed by atoms with Gasteiger partial charge >= 0.3 is 0 Å². The normalized spacial score (nSPS) is 9.00. The largest absolute Gasteiger partial charge is 0.516 e. The summed E-state index contributed by atoms with van der Waals surface area (Å²) in [6, 6.07) is 0. The second kappa shape index (κ2) is 10.6. The third kappa shape index (κ3) is 24.5. The number of carbonyl (C=O) groups is 1. The minimum absolute atomic E-state index is 0.833. The summed E-state index contributed by atoms with van der Waals surface area (Å²) in [6.45, 7) is 9.00. The molecule has 0 fully saturated rings. The molecule has 0 radical (unpaired) electrons. The van der Waals surface area contributed by atoms with Gasteiger partial charge in [0.05, 0.1) is 6.26 Å². The average molecular weight is 212 g/mol. The second-order valence-corrected chi connectivity index (χ2v) is 3.31. The van der Waals surface area contributed by atoms with Crippen molar-refractivity contribution in [3.63, 3.8) is 0 Å². The first-order chi connectivity index (χ1) is 6.90. The number of aliphatic hydroxyl groups excluding tert-OH is 1. The monoisotopic (exact) mass is 212 g/mol. The number of rotatable bonds is 4. The molecule has 0 aliphatic carbocycles. The number of carboxylic acid groups (broad SMARTS) is 1. The molecule has 0 saturated carbocycles. The number of aliphatic hydroxyl groups is 1. The van der Waals surface area contributed by atoms with Crippen molar-refractivity contribution in [1.29, 1.82) is 0 Å². The summed E-state index contributed by atoms with van der Waals surface area (Å²) in [7, 11) is 0. The molecule has 0 aliphatic rings. The molecule has 0 bridgehead atoms. The quantitative estimate of drug-likeness (QED) is 0.426. The van der Waals surface area contributed by atoms with Gasteiger partial charge in [-0.1, -0.05) is 23.8 Å². The number of hydrogen-bond acceptors (Lipinski definition) is 2. The zero-order chi connectivity index (χ0) is 12.3. The SMILES string of the molecule is C=C(C=CO)CCC=C(C)C.CC(=O)O. The van der Waals surface area contributed by atoms with Gasteiger partial charge in [0.2, 0.25) is 0 Å². The van der Waals surface area contributed by atoms with Crippen LogP contribution in [0.2, 0.25) is 0 Å². The molecule has 0 amide bonds. The van der Waals surface area contributed by atoms with Gasteiger partial charge in [0.25, 0.3) is 5.97 Å². The molecule has 0 heterocycles. The maximum Gasteiger partial charge on any atom is 0.300 e. The molecule has 0 atom stereocenters. The highest BCUT2D eigenvalue weighted by molar-refractivity contribution is 5.62. The van der Waals surface area contributed by atoms with Gasteiger partial charge < -0.3 is 10.2 Å². The van der Waals surface area contributed by atoms with Gasteiger partial charge in [-0.15, -0.1) is 0 Å². The van der Waals surface area contributed by atoms with Gasteiger partial charge in [-0.05, 0) is 32.8 Å². The van der Waals surface area contributed by atoms with Crippen LogP contribution in [0, 0.1) is 0 Å². The summed E-state index contributed by atoms with van der Waals surface area (Å²) in [6.07, 6.45) is 6.74. The summed E-state index contributed by atoms with van der Waals surface area (Å²) in [5.74, 6) is -0.833. The second-order valence-electron chi connectivity index (χ2n) is 3.31. The average Bonchev–Trinajstić information content (AvgIpc) is 2.02. The minimum Gasteiger partial charge on any atom is -0.516 e. The van der Waals surface area contributed by atoms with E-state index in [2.05, 4.69) is 26.5 Å². The molecule has 0 rings (SSSR count). The fourth-order valence-corrected chi connectivity index (χ4v) is 0.735. The molecule has 86 valence electrons. The minimum atomic E-state index is -0.833. The third-order valence-electron chi connectivity index (χ3n) is 1.33. The summed E-state index contributed by atoms with van der Waals surface area (Å²) in [4.78, 5) is 9.00. The van der Waals surface area contributed by atoms with E-state index in [1.165, 1.54) is 5.57 Å². The van der Waals surface area contributed by atoms with E-state index >= 15 is 0 Å². The molecule has 0 aliphatic heterocycles. The Morgan fingerprint density at radius 3 is 2.13 bits per heavy atom. The van der Waals surface area contributed by atoms with Crippen LogP contribution in [0.1, 0.15) is 33.6 Å². The smallest absolute Gasteiger partial charge is 0.300 e. The summed E-state index contributed by atoms with van der Waals surface area (Å²) in [5.41, 5.74) is 2.29. The molecular formula is C12H20O3. The lowest BCUT2D eigenvalue weighted by Crippen LogP contribution is -1.78. The van der Waals surface area contributed by atoms with Crippen molar-refractivity contribution in [3.05, 3.63) is 36.1 Å². The van der Waals surface area contributed by atoms with Gasteiger partial charge in [0, 0.05) is 6.92 Å². The fraction of sp³-hybridized carbons (Fsp3) is 0.417. The van der Waals surface area contributed by atoms with E-state index in [4.69, 9.17) is 15.0 Å². The molecular weight excluding hydrogens is 192 g/mol. The first-order valence-electron chi connectivity index (χ1n) is 4.71. The van der Waals surface area contributed by atoms with E-state index in [1.807, 2.05) is 0 Å². The van der Waals surface area contributed by atoms with E-state index < -0.39 is 5.97 Å². The van der Waals surface area contributed by atoms with Crippen LogP contribution in [-0.4, -0.2) is 16.2 Å². The van der Waals surface area contributed by atoms with Crippen molar-refractivity contribution in [1.82, 2.24) is 0 Å². The van der Waals surface area contributed by atoms with E-state index in [0.717, 1.165) is 31.6 Å². The fourth-order valence-electron chi connectivity index (χ4n) is 0.735. The summed E-state index contributed by atoms with van der Waals surface area (Å²) in [5, 5.41) is 15.8. The number of hydrogen-bond donors (Lipinski definition) is 2. The van der Waals surface area contributed by atoms with Crippen LogP contribution in [0.3, 0.4) is 0 Å². The first kappa shape index (κ1) is 15.9. The van der Waals surface area contributed by atoms with Crippen molar-refractivity contribution < 1.29 is 15.0 Å². The highest BCUT2D eigenvalue weighted by Gasteiger charge is 1.86. The predicted molar refractivity (Wildman–Crippen MR) is 62.9 cm³/mol. The number of allylic oxidation sites excluding steroid dienone is 4. The molecule has 0 spiro atoms. The van der Waals surface area contributed by atoms with Crippen molar-refractivity contribution in [3.8, 4) is 0 Å². The Labute approximate surface area is 91.4 Å². The van der Waals surface area contributed by atoms with Crippen LogP contribution in [0.5, 0.6) is 0 Å². The lowest BCUT2D eigenvalue weighted by atomic mass is 10.1. The van der Waals surface area contributed by atoms with Crippen LogP contribution >= 0.6 is 0 Å². The van der Waals surface area contributed by atoms with Crippen molar-refractivity contribution in [2.75, 3.05) is 0 Å². The standard InChI is InChI=1S/C10H16O.C2H4O2/c1-9(2)5-4-6-10(3)7-8-11;1-2(3)4/h5,7-8,11H,3-4,6H2,1-2H3;1H3,(H,3,4). The molecule has 0 unspecified atom stereocenters. The Kier molecular flexibility index (Phi) is 11.2. The summed E-state index contributed by atoms with van der Waals surface area (Å²) < 4.78 is 0.